The molecule has 2 rings (SSSR count). The normalized spacial score (nSPS) is 38.5. The zero-order valence-electron chi connectivity index (χ0n) is 13.5. The third-order valence-corrected chi connectivity index (χ3v) is 4.57. The largest absolute Gasteiger partial charge is 0.483 e. The molecule has 0 spiro atoms. The van der Waals surface area contributed by atoms with Crippen molar-refractivity contribution in [2.45, 2.75) is 58.7 Å². The van der Waals surface area contributed by atoms with Crippen molar-refractivity contribution in [3.63, 3.8) is 0 Å². The first-order valence-electron chi connectivity index (χ1n) is 6.73. The Labute approximate surface area is 159 Å². The van der Waals surface area contributed by atoms with Gasteiger partial charge < -0.3 is 0 Å². The number of carbonyl (C=O) groups is 1. The molecule has 190 valence electrons. The van der Waals surface area contributed by atoms with Crippen molar-refractivity contribution in [1.29, 1.82) is 0 Å². The number of hydrogen-bond acceptors (Lipinski definition) is 1. The van der Waals surface area contributed by atoms with Crippen LogP contribution in [0.2, 0.25) is 0 Å². The lowest BCUT2D eigenvalue weighted by atomic mass is 9.54. The summed E-state index contributed by atoms with van der Waals surface area (Å²) in [6.45, 7) is 0. The van der Waals surface area contributed by atoms with Gasteiger partial charge in [-0.05, 0) is 0 Å². The van der Waals surface area contributed by atoms with Crippen molar-refractivity contribution in [2.24, 2.45) is 0 Å². The minimum absolute atomic E-state index is 2.83. The fourth-order valence-corrected chi connectivity index (χ4v) is 2.91. The van der Waals surface area contributed by atoms with Crippen molar-refractivity contribution in [2.75, 3.05) is 0 Å². The van der Waals surface area contributed by atoms with Gasteiger partial charge in [0.05, 0.1) is 0 Å². The van der Waals surface area contributed by atoms with E-state index in [1.165, 1.54) is 0 Å². The quantitative estimate of drug-likeness (QED) is 0.257. The van der Waals surface area contributed by atoms with E-state index in [1.54, 1.807) is 0 Å². The molecule has 2 aliphatic rings. The zero-order chi connectivity index (χ0) is 26.6. The summed E-state index contributed by atoms with van der Waals surface area (Å²) in [5.41, 5.74) is -17.3. The molecule has 0 N–H and O–H groups in total. The molecular weight excluding hydrogens is 528 g/mol. The Morgan fingerprint density at radius 1 is 0.312 bits per heavy atom. The van der Waals surface area contributed by atoms with E-state index in [1.807, 2.05) is 0 Å². The standard InChI is InChI=1S/C10F18.CF2O/c11-1-2(12,5(17,18)9(25,26)7(21,22)3(1,13)14)6(19,20)10(27,28)8(23,24)4(1,15)16;2-1(3)4. The smallest absolute Gasteiger partial charge is 0.226 e. The van der Waals surface area contributed by atoms with Crippen molar-refractivity contribution in [3.05, 3.63) is 0 Å². The summed E-state index contributed by atoms with van der Waals surface area (Å²) in [4.78, 5) is 8.11. The van der Waals surface area contributed by atoms with E-state index in [-0.39, 0.29) is 0 Å². The van der Waals surface area contributed by atoms with Gasteiger partial charge in [0.1, 0.15) is 0 Å². The van der Waals surface area contributed by atoms with E-state index in [0.29, 0.717) is 0 Å². The molecule has 2 fully saturated rings. The van der Waals surface area contributed by atoms with Crippen LogP contribution < -0.4 is 0 Å². The van der Waals surface area contributed by atoms with Crippen LogP contribution in [-0.4, -0.2) is 65.0 Å². The van der Waals surface area contributed by atoms with E-state index < -0.39 is 65.0 Å². The molecule has 21 heteroatoms. The summed E-state index contributed by atoms with van der Waals surface area (Å²) >= 11 is 0. The molecule has 1 nitrogen and oxygen atoms in total. The molecule has 2 aliphatic carbocycles. The van der Waals surface area contributed by atoms with Gasteiger partial charge in [0.2, 0.25) is 0 Å². The maximum absolute atomic E-state index is 14.2. The van der Waals surface area contributed by atoms with Crippen LogP contribution in [0.5, 0.6) is 0 Å². The fourth-order valence-electron chi connectivity index (χ4n) is 2.91. The molecule has 0 unspecified atom stereocenters. The summed E-state index contributed by atoms with van der Waals surface area (Å²) < 4.78 is 260. The van der Waals surface area contributed by atoms with Gasteiger partial charge in [0.15, 0.2) is 0 Å². The monoisotopic (exact) mass is 528 g/mol. The highest BCUT2D eigenvalue weighted by Crippen LogP contribution is 2.81. The molecule has 0 aromatic carbocycles. The van der Waals surface area contributed by atoms with Gasteiger partial charge in [-0.1, -0.05) is 0 Å². The SMILES string of the molecule is FC1(F)C(F)(F)C(F)(F)C2(F)C(F)(F)C(F)(F)C(F)(F)C(F)(F)C2(F)C1(F)F.O=C(F)F. The molecule has 0 heterocycles. The highest BCUT2D eigenvalue weighted by molar-refractivity contribution is 5.55. The third-order valence-electron chi connectivity index (χ3n) is 4.57. The maximum atomic E-state index is 14.2. The molecule has 0 amide bonds. The predicted octanol–water partition coefficient (Wildman–Crippen LogP) is 6.56. The van der Waals surface area contributed by atoms with Crippen molar-refractivity contribution in [3.8, 4) is 0 Å². The predicted molar refractivity (Wildman–Crippen MR) is 54.9 cm³/mol. The van der Waals surface area contributed by atoms with Gasteiger partial charge in [-0.25, -0.2) is 13.6 Å². The first-order chi connectivity index (χ1) is 13.5. The zero-order valence-corrected chi connectivity index (χ0v) is 13.5. The molecule has 32 heavy (non-hydrogen) atoms. The van der Waals surface area contributed by atoms with Crippen LogP contribution in [0.15, 0.2) is 0 Å². The van der Waals surface area contributed by atoms with Gasteiger partial charge >= 0.3 is 53.7 Å². The van der Waals surface area contributed by atoms with Crippen LogP contribution in [0.25, 0.3) is 0 Å². The van der Waals surface area contributed by atoms with Crippen LogP contribution in [0.3, 0.4) is 0 Å². The average Bonchev–Trinajstić information content (AvgIpc) is 2.56. The lowest BCUT2D eigenvalue weighted by Crippen LogP contribution is -2.98. The molecule has 0 saturated heterocycles. The number of alkyl halides is 18. The van der Waals surface area contributed by atoms with Crippen LogP contribution in [0.1, 0.15) is 0 Å². The Morgan fingerprint density at radius 2 is 0.406 bits per heavy atom. The van der Waals surface area contributed by atoms with E-state index in [4.69, 9.17) is 4.79 Å². The Kier molecular flexibility index (Phi) is 5.51. The Bertz CT molecular complexity index is 677. The minimum atomic E-state index is -8.64. The molecular formula is C11F20O. The number of halogens is 20. The molecule has 0 atom stereocenters. The topological polar surface area (TPSA) is 17.1 Å². The van der Waals surface area contributed by atoms with Crippen molar-refractivity contribution < 1.29 is 92.6 Å². The average molecular weight is 528 g/mol. The van der Waals surface area contributed by atoms with Gasteiger partial charge in [-0.2, -0.15) is 70.2 Å². The molecule has 0 aliphatic heterocycles. The van der Waals surface area contributed by atoms with Crippen molar-refractivity contribution >= 4 is 6.29 Å². The maximum Gasteiger partial charge on any atom is 0.483 e. The van der Waals surface area contributed by atoms with E-state index in [9.17, 15) is 87.8 Å². The van der Waals surface area contributed by atoms with Crippen LogP contribution in [-0.2, 0) is 0 Å². The molecule has 0 radical (unpaired) electrons. The number of fused-ring (bicyclic) bond motifs is 1. The van der Waals surface area contributed by atoms with Crippen molar-refractivity contribution in [1.82, 2.24) is 0 Å². The molecule has 0 aromatic rings. The van der Waals surface area contributed by atoms with Crippen LogP contribution in [0, 0.1) is 0 Å². The highest BCUT2D eigenvalue weighted by Gasteiger charge is 3.15. The highest BCUT2D eigenvalue weighted by atomic mass is 19.4. The van der Waals surface area contributed by atoms with Gasteiger partial charge in [-0.3, -0.25) is 0 Å². The molecule has 2 saturated carbocycles. The fraction of sp³-hybridized carbons (Fsp3) is 0.909. The third kappa shape index (κ3) is 2.22. The second-order valence-corrected chi connectivity index (χ2v) is 6.14. The Hall–Kier alpha value is -1.73. The molecule has 0 aromatic heterocycles. The summed E-state index contributed by atoms with van der Waals surface area (Å²) in [6.07, 6.45) is -2.83. The van der Waals surface area contributed by atoms with Gasteiger partial charge in [0.25, 0.3) is 11.3 Å². The minimum Gasteiger partial charge on any atom is -0.226 e. The second-order valence-electron chi connectivity index (χ2n) is 6.14. The summed E-state index contributed by atoms with van der Waals surface area (Å²) in [6, 6.07) is 0. The number of hydrogen-bond donors (Lipinski definition) is 0. The lowest BCUT2D eigenvalue weighted by molar-refractivity contribution is -0.560. The Morgan fingerprint density at radius 3 is 0.500 bits per heavy atom. The van der Waals surface area contributed by atoms with E-state index >= 15 is 0 Å². The summed E-state index contributed by atoms with van der Waals surface area (Å²) in [7, 11) is 0. The first-order valence-corrected chi connectivity index (χ1v) is 6.73. The number of rotatable bonds is 0. The Balaban J connectivity index is 0.00000118. The summed E-state index contributed by atoms with van der Waals surface area (Å²) in [5.74, 6) is -66.8. The molecule has 0 bridgehead atoms. The lowest BCUT2D eigenvalue weighted by Gasteiger charge is -2.63. The van der Waals surface area contributed by atoms with Crippen LogP contribution >= 0.6 is 0 Å². The van der Waals surface area contributed by atoms with E-state index in [2.05, 4.69) is 0 Å². The second kappa shape index (κ2) is 6.23. The summed E-state index contributed by atoms with van der Waals surface area (Å²) in [5, 5.41) is 0. The van der Waals surface area contributed by atoms with Crippen LogP contribution in [0.4, 0.5) is 92.6 Å². The van der Waals surface area contributed by atoms with Gasteiger partial charge in [-0.15, -0.1) is 8.78 Å². The first kappa shape index (κ1) is 28.3. The van der Waals surface area contributed by atoms with Gasteiger partial charge in [0, 0.05) is 0 Å². The number of carbonyl (C=O) groups excluding carboxylic acids is 1. The van der Waals surface area contributed by atoms with E-state index in [0.717, 1.165) is 0 Å².